The van der Waals surface area contributed by atoms with Gasteiger partial charge in [-0.1, -0.05) is 0 Å². The number of aryl methyl sites for hydroxylation is 1. The summed E-state index contributed by atoms with van der Waals surface area (Å²) in [6.07, 6.45) is 1.51. The summed E-state index contributed by atoms with van der Waals surface area (Å²) >= 11 is 1.75. The van der Waals surface area contributed by atoms with Crippen LogP contribution in [-0.4, -0.2) is 21.4 Å². The van der Waals surface area contributed by atoms with Crippen molar-refractivity contribution in [2.24, 2.45) is 0 Å². The number of aromatic carboxylic acids is 1. The molecule has 0 bridgehead atoms. The van der Waals surface area contributed by atoms with E-state index in [1.807, 2.05) is 18.4 Å². The number of carboxylic acid groups (broad SMARTS) is 1. The minimum Gasteiger partial charge on any atom is -0.477 e. The predicted octanol–water partition coefficient (Wildman–Crippen LogP) is 3.29. The molecule has 0 fully saturated rings. The molecule has 2 heterocycles. The van der Waals surface area contributed by atoms with Crippen molar-refractivity contribution in [1.82, 2.24) is 4.57 Å². The first-order valence-electron chi connectivity index (χ1n) is 6.89. The van der Waals surface area contributed by atoms with E-state index < -0.39 is 5.97 Å². The van der Waals surface area contributed by atoms with Crippen LogP contribution in [0.3, 0.4) is 0 Å². The molecule has 2 aromatic rings. The van der Waals surface area contributed by atoms with Crippen molar-refractivity contribution in [3.63, 3.8) is 0 Å². The van der Waals surface area contributed by atoms with Gasteiger partial charge in [0.25, 0.3) is 0 Å². The first-order chi connectivity index (χ1) is 9.84. The zero-order valence-electron chi connectivity index (χ0n) is 13.1. The molecule has 22 heavy (non-hydrogen) atoms. The second-order valence-electron chi connectivity index (χ2n) is 5.67. The van der Waals surface area contributed by atoms with Gasteiger partial charge in [0, 0.05) is 55.6 Å². The number of aromatic nitrogens is 1. The van der Waals surface area contributed by atoms with E-state index in [0.717, 1.165) is 27.3 Å². The molecule has 1 unspecified atom stereocenters. The van der Waals surface area contributed by atoms with Crippen LogP contribution in [0.5, 0.6) is 0 Å². The molecule has 1 N–H and O–H groups in total. The van der Waals surface area contributed by atoms with E-state index in [4.69, 9.17) is 0 Å². The molecule has 1 atom stereocenters. The average Bonchev–Trinajstić information content (AvgIpc) is 2.43. The van der Waals surface area contributed by atoms with E-state index in [0.29, 0.717) is 5.39 Å². The maximum absolute atomic E-state index is 12.6. The second kappa shape index (κ2) is 6.10. The minimum atomic E-state index is -1.16. The van der Waals surface area contributed by atoms with Gasteiger partial charge in [0.05, 0.1) is 10.9 Å². The molecule has 0 saturated carbocycles. The molecule has 1 aliphatic rings. The summed E-state index contributed by atoms with van der Waals surface area (Å²) in [5.41, 5.74) is 3.54. The summed E-state index contributed by atoms with van der Waals surface area (Å²) in [6, 6.07) is 0.171. The Kier molecular flexibility index (Phi) is 4.91. The number of rotatable bonds is 1. The van der Waals surface area contributed by atoms with E-state index >= 15 is 0 Å². The molecule has 1 aromatic heterocycles. The van der Waals surface area contributed by atoms with Crippen LogP contribution in [0, 0.1) is 20.8 Å². The molecule has 0 saturated heterocycles. The van der Waals surface area contributed by atoms with Crippen LogP contribution in [0.4, 0.5) is 0 Å². The van der Waals surface area contributed by atoms with Crippen LogP contribution < -0.4 is 5.43 Å². The molecule has 0 aliphatic carbocycles. The summed E-state index contributed by atoms with van der Waals surface area (Å²) in [4.78, 5) is 25.1. The number of benzene rings is 1. The van der Waals surface area contributed by atoms with Gasteiger partial charge in [-0.15, -0.1) is 11.8 Å². The molecule has 3 rings (SSSR count). The normalized spacial score (nSPS) is 16.5. The van der Waals surface area contributed by atoms with Crippen LogP contribution in [0.1, 0.15) is 40.0 Å². The summed E-state index contributed by atoms with van der Waals surface area (Å²) < 4.78 is 1.96. The summed E-state index contributed by atoms with van der Waals surface area (Å²) in [7, 11) is 0. The van der Waals surface area contributed by atoms with Crippen molar-refractivity contribution in [3.8, 4) is 0 Å². The SMILES string of the molecule is Cc1c(C)c2c3c(c1C)c(=O)c(C(=O)O)cn3C(C)CS2.[Y]. The number of thioether (sulfide) groups is 1. The van der Waals surface area contributed by atoms with Gasteiger partial charge in [0.2, 0.25) is 5.43 Å². The monoisotopic (exact) mass is 392 g/mol. The van der Waals surface area contributed by atoms with E-state index in [1.54, 1.807) is 11.8 Å². The van der Waals surface area contributed by atoms with Gasteiger partial charge in [-0.2, -0.15) is 0 Å². The van der Waals surface area contributed by atoms with E-state index in [-0.39, 0.29) is 49.7 Å². The van der Waals surface area contributed by atoms with Crippen molar-refractivity contribution in [3.05, 3.63) is 38.7 Å². The van der Waals surface area contributed by atoms with Crippen LogP contribution in [0.25, 0.3) is 10.9 Å². The zero-order chi connectivity index (χ0) is 15.5. The summed E-state index contributed by atoms with van der Waals surface area (Å²) in [6.45, 7) is 8.02. The molecule has 1 aromatic carbocycles. The fourth-order valence-corrected chi connectivity index (χ4v) is 4.27. The average molecular weight is 392 g/mol. The van der Waals surface area contributed by atoms with Crippen molar-refractivity contribution < 1.29 is 42.6 Å². The Hall–Kier alpha value is -0.646. The molecule has 1 radical (unpaired) electrons. The number of pyridine rings is 1. The van der Waals surface area contributed by atoms with Gasteiger partial charge in [-0.3, -0.25) is 4.79 Å². The third-order valence-electron chi connectivity index (χ3n) is 4.46. The Balaban J connectivity index is 0.00000176. The third kappa shape index (κ3) is 2.38. The van der Waals surface area contributed by atoms with Gasteiger partial charge < -0.3 is 9.67 Å². The topological polar surface area (TPSA) is 59.3 Å². The van der Waals surface area contributed by atoms with Crippen molar-refractivity contribution in [2.45, 2.75) is 38.6 Å². The van der Waals surface area contributed by atoms with Crippen LogP contribution in [0.2, 0.25) is 0 Å². The second-order valence-corrected chi connectivity index (χ2v) is 6.70. The van der Waals surface area contributed by atoms with Crippen LogP contribution in [0.15, 0.2) is 15.9 Å². The molecule has 0 spiro atoms. The van der Waals surface area contributed by atoms with E-state index in [9.17, 15) is 14.7 Å². The number of carboxylic acids is 1. The Morgan fingerprint density at radius 2 is 1.91 bits per heavy atom. The van der Waals surface area contributed by atoms with Gasteiger partial charge in [0.15, 0.2) is 0 Å². The standard InChI is InChI=1S/C16H17NO3S.Y/c1-7-6-21-15-10(4)8(2)9(3)12-13(15)17(7)5-11(14(12)18)16(19)20;/h5,7H,6H2,1-4H3,(H,19,20);. The van der Waals surface area contributed by atoms with Crippen LogP contribution >= 0.6 is 11.8 Å². The quantitative estimate of drug-likeness (QED) is 0.809. The van der Waals surface area contributed by atoms with Gasteiger partial charge in [0.1, 0.15) is 5.56 Å². The maximum Gasteiger partial charge on any atom is 0.341 e. The third-order valence-corrected chi connectivity index (χ3v) is 5.90. The molecule has 6 heteroatoms. The molecular formula is C16H17NO3SY. The Morgan fingerprint density at radius 3 is 2.50 bits per heavy atom. The smallest absolute Gasteiger partial charge is 0.341 e. The fraction of sp³-hybridized carbons (Fsp3) is 0.375. The van der Waals surface area contributed by atoms with Crippen LogP contribution in [-0.2, 0) is 32.7 Å². The maximum atomic E-state index is 12.6. The van der Waals surface area contributed by atoms with Crippen molar-refractivity contribution >= 4 is 28.6 Å². The minimum absolute atomic E-state index is 0. The fourth-order valence-electron chi connectivity index (χ4n) is 2.99. The molecule has 4 nitrogen and oxygen atoms in total. The van der Waals surface area contributed by atoms with Gasteiger partial charge >= 0.3 is 5.97 Å². The van der Waals surface area contributed by atoms with E-state index in [2.05, 4.69) is 13.8 Å². The number of hydrogen-bond donors (Lipinski definition) is 1. The first kappa shape index (κ1) is 17.7. The predicted molar refractivity (Wildman–Crippen MR) is 84.8 cm³/mol. The molecule has 0 amide bonds. The van der Waals surface area contributed by atoms with Crippen molar-refractivity contribution in [2.75, 3.05) is 5.75 Å². The Morgan fingerprint density at radius 1 is 1.27 bits per heavy atom. The largest absolute Gasteiger partial charge is 0.477 e. The molecule has 113 valence electrons. The Labute approximate surface area is 158 Å². The number of carbonyl (C=O) groups is 1. The summed E-state index contributed by atoms with van der Waals surface area (Å²) in [5, 5.41) is 9.88. The number of nitrogens with zero attached hydrogens (tertiary/aromatic N) is 1. The molecule has 1 aliphatic heterocycles. The van der Waals surface area contributed by atoms with Gasteiger partial charge in [-0.05, 0) is 44.4 Å². The summed E-state index contributed by atoms with van der Waals surface area (Å²) in [5.74, 6) is -0.275. The van der Waals surface area contributed by atoms with Crippen molar-refractivity contribution in [1.29, 1.82) is 0 Å². The first-order valence-corrected chi connectivity index (χ1v) is 7.87. The molecular weight excluding hydrogens is 375 g/mol. The van der Waals surface area contributed by atoms with E-state index in [1.165, 1.54) is 11.8 Å². The zero-order valence-corrected chi connectivity index (χ0v) is 16.7. The Bertz CT molecular complexity index is 857. The van der Waals surface area contributed by atoms with Gasteiger partial charge in [-0.25, -0.2) is 4.79 Å². The number of hydrogen-bond acceptors (Lipinski definition) is 3.